The standard InChI is InChI=1S/C15H19FN2O.ClH/c1-10-3-2-4-12-13(10)9-11(5-6-16)19-14(12)15-17-7-8-18-15;/h2-4,11,14H,5-9H2,1H3,(H,17,18);1H. The highest BCUT2D eigenvalue weighted by Gasteiger charge is 2.32. The zero-order valence-electron chi connectivity index (χ0n) is 11.6. The Morgan fingerprint density at radius 3 is 3.00 bits per heavy atom. The summed E-state index contributed by atoms with van der Waals surface area (Å²) < 4.78 is 18.7. The molecule has 0 aromatic heterocycles. The number of ether oxygens (including phenoxy) is 1. The summed E-state index contributed by atoms with van der Waals surface area (Å²) in [5, 5.41) is 3.28. The fourth-order valence-corrected chi connectivity index (χ4v) is 2.89. The normalized spacial score (nSPS) is 24.4. The SMILES string of the molecule is Cc1cccc2c1CC(CCF)OC2C1=NCCN1.Cl. The monoisotopic (exact) mass is 298 g/mol. The van der Waals surface area contributed by atoms with Gasteiger partial charge in [0.25, 0.3) is 0 Å². The van der Waals surface area contributed by atoms with E-state index < -0.39 is 0 Å². The van der Waals surface area contributed by atoms with Gasteiger partial charge in [0.05, 0.1) is 19.3 Å². The molecule has 1 aromatic rings. The van der Waals surface area contributed by atoms with Crippen molar-refractivity contribution in [1.29, 1.82) is 0 Å². The topological polar surface area (TPSA) is 33.6 Å². The Labute approximate surface area is 125 Å². The summed E-state index contributed by atoms with van der Waals surface area (Å²) in [5.41, 5.74) is 3.74. The number of nitrogens with one attached hydrogen (secondary N) is 1. The number of alkyl halides is 1. The molecule has 110 valence electrons. The molecule has 20 heavy (non-hydrogen) atoms. The first-order valence-electron chi connectivity index (χ1n) is 6.87. The quantitative estimate of drug-likeness (QED) is 0.931. The van der Waals surface area contributed by atoms with E-state index in [4.69, 9.17) is 4.74 Å². The van der Waals surface area contributed by atoms with Crippen LogP contribution in [0.1, 0.15) is 29.2 Å². The van der Waals surface area contributed by atoms with Crippen LogP contribution >= 0.6 is 12.4 Å². The van der Waals surface area contributed by atoms with Crippen molar-refractivity contribution in [1.82, 2.24) is 5.32 Å². The van der Waals surface area contributed by atoms with Gasteiger partial charge in [-0.25, -0.2) is 0 Å². The maximum absolute atomic E-state index is 12.6. The van der Waals surface area contributed by atoms with Crippen LogP contribution < -0.4 is 5.32 Å². The Morgan fingerprint density at radius 2 is 2.30 bits per heavy atom. The van der Waals surface area contributed by atoms with Crippen molar-refractivity contribution in [3.63, 3.8) is 0 Å². The van der Waals surface area contributed by atoms with E-state index in [0.29, 0.717) is 6.42 Å². The Hall–Kier alpha value is -1.13. The second-order valence-corrected chi connectivity index (χ2v) is 5.16. The van der Waals surface area contributed by atoms with E-state index in [-0.39, 0.29) is 31.3 Å². The molecule has 0 bridgehead atoms. The number of hydrogen-bond donors (Lipinski definition) is 1. The molecular formula is C15H20ClFN2O. The Bertz CT molecular complexity index is 507. The maximum Gasteiger partial charge on any atom is 0.140 e. The highest BCUT2D eigenvalue weighted by molar-refractivity contribution is 5.89. The predicted molar refractivity (Wildman–Crippen MR) is 80.6 cm³/mol. The number of benzene rings is 1. The molecule has 2 heterocycles. The van der Waals surface area contributed by atoms with Crippen LogP contribution in [0.15, 0.2) is 23.2 Å². The fourth-order valence-electron chi connectivity index (χ4n) is 2.89. The zero-order chi connectivity index (χ0) is 13.2. The Kier molecular flexibility index (Phi) is 5.00. The highest BCUT2D eigenvalue weighted by atomic mass is 35.5. The summed E-state index contributed by atoms with van der Waals surface area (Å²) >= 11 is 0. The molecule has 1 N–H and O–H groups in total. The van der Waals surface area contributed by atoms with E-state index in [0.717, 1.165) is 25.3 Å². The first kappa shape index (κ1) is 15.3. The van der Waals surface area contributed by atoms with Gasteiger partial charge in [-0.1, -0.05) is 18.2 Å². The second kappa shape index (κ2) is 6.55. The molecule has 5 heteroatoms. The zero-order valence-corrected chi connectivity index (χ0v) is 12.4. The lowest BCUT2D eigenvalue weighted by Gasteiger charge is -2.33. The van der Waals surface area contributed by atoms with Gasteiger partial charge >= 0.3 is 0 Å². The van der Waals surface area contributed by atoms with Gasteiger partial charge in [-0.05, 0) is 30.0 Å². The van der Waals surface area contributed by atoms with Crippen LogP contribution in [0.4, 0.5) is 4.39 Å². The average molecular weight is 299 g/mol. The number of amidine groups is 1. The molecule has 0 fully saturated rings. The van der Waals surface area contributed by atoms with Gasteiger partial charge in [0.2, 0.25) is 0 Å². The number of aryl methyl sites for hydroxylation is 1. The molecular weight excluding hydrogens is 279 g/mol. The fraction of sp³-hybridized carbons (Fsp3) is 0.533. The van der Waals surface area contributed by atoms with Crippen LogP contribution in [0, 0.1) is 6.92 Å². The van der Waals surface area contributed by atoms with Crippen molar-refractivity contribution in [2.45, 2.75) is 32.0 Å². The molecule has 0 amide bonds. The molecule has 0 saturated heterocycles. The van der Waals surface area contributed by atoms with Crippen LogP contribution in [-0.4, -0.2) is 31.7 Å². The van der Waals surface area contributed by atoms with Crippen LogP contribution in [0.25, 0.3) is 0 Å². The molecule has 2 aliphatic heterocycles. The second-order valence-electron chi connectivity index (χ2n) is 5.16. The number of aliphatic imine (C=N–C) groups is 1. The minimum atomic E-state index is -0.335. The minimum absolute atomic E-state index is 0. The third-order valence-electron chi connectivity index (χ3n) is 3.87. The first-order chi connectivity index (χ1) is 9.29. The van der Waals surface area contributed by atoms with Crippen LogP contribution in [0.3, 0.4) is 0 Å². The van der Waals surface area contributed by atoms with Crippen LogP contribution in [0.2, 0.25) is 0 Å². The lowest BCUT2D eigenvalue weighted by Crippen LogP contribution is -2.35. The molecule has 0 saturated carbocycles. The van der Waals surface area contributed by atoms with Crippen LogP contribution in [-0.2, 0) is 11.2 Å². The molecule has 0 radical (unpaired) electrons. The average Bonchev–Trinajstić information content (AvgIpc) is 2.93. The van der Waals surface area contributed by atoms with Crippen molar-refractivity contribution < 1.29 is 9.13 Å². The van der Waals surface area contributed by atoms with E-state index in [1.165, 1.54) is 16.7 Å². The molecule has 1 aromatic carbocycles. The van der Waals surface area contributed by atoms with Gasteiger partial charge in [0.15, 0.2) is 0 Å². The third kappa shape index (κ3) is 2.81. The predicted octanol–water partition coefficient (Wildman–Crippen LogP) is 2.76. The van der Waals surface area contributed by atoms with Crippen molar-refractivity contribution in [3.8, 4) is 0 Å². The number of nitrogens with zero attached hydrogens (tertiary/aromatic N) is 1. The lowest BCUT2D eigenvalue weighted by atomic mass is 9.89. The van der Waals surface area contributed by atoms with E-state index in [9.17, 15) is 4.39 Å². The molecule has 3 rings (SSSR count). The van der Waals surface area contributed by atoms with E-state index in [1.54, 1.807) is 0 Å². The van der Waals surface area contributed by atoms with E-state index >= 15 is 0 Å². The Morgan fingerprint density at radius 1 is 1.45 bits per heavy atom. The largest absolute Gasteiger partial charge is 0.369 e. The number of halogens is 2. The molecule has 0 spiro atoms. The summed E-state index contributed by atoms with van der Waals surface area (Å²) in [6.07, 6.45) is 1.06. The number of fused-ring (bicyclic) bond motifs is 1. The van der Waals surface area contributed by atoms with Gasteiger partial charge in [0, 0.05) is 13.0 Å². The molecule has 3 nitrogen and oxygen atoms in total. The van der Waals surface area contributed by atoms with Gasteiger partial charge in [-0.15, -0.1) is 12.4 Å². The van der Waals surface area contributed by atoms with E-state index in [1.807, 2.05) is 0 Å². The molecule has 2 aliphatic rings. The van der Waals surface area contributed by atoms with Crippen molar-refractivity contribution >= 4 is 18.2 Å². The highest BCUT2D eigenvalue weighted by Crippen LogP contribution is 2.34. The third-order valence-corrected chi connectivity index (χ3v) is 3.87. The summed E-state index contributed by atoms with van der Waals surface area (Å²) in [5.74, 6) is 0.899. The van der Waals surface area contributed by atoms with Crippen LogP contribution in [0.5, 0.6) is 0 Å². The molecule has 2 unspecified atom stereocenters. The minimum Gasteiger partial charge on any atom is -0.369 e. The first-order valence-corrected chi connectivity index (χ1v) is 6.87. The van der Waals surface area contributed by atoms with E-state index in [2.05, 4.69) is 35.4 Å². The molecule has 0 aliphatic carbocycles. The summed E-state index contributed by atoms with van der Waals surface area (Å²) in [7, 11) is 0. The van der Waals surface area contributed by atoms with Crippen molar-refractivity contribution in [2.75, 3.05) is 19.8 Å². The Balaban J connectivity index is 0.00000147. The van der Waals surface area contributed by atoms with Gasteiger partial charge in [0.1, 0.15) is 11.9 Å². The smallest absolute Gasteiger partial charge is 0.140 e. The number of hydrogen-bond acceptors (Lipinski definition) is 3. The molecule has 2 atom stereocenters. The van der Waals surface area contributed by atoms with Gasteiger partial charge < -0.3 is 10.1 Å². The summed E-state index contributed by atoms with van der Waals surface area (Å²) in [4.78, 5) is 4.47. The van der Waals surface area contributed by atoms with Crippen molar-refractivity contribution in [3.05, 3.63) is 34.9 Å². The van der Waals surface area contributed by atoms with Gasteiger partial charge in [-0.3, -0.25) is 9.38 Å². The van der Waals surface area contributed by atoms with Gasteiger partial charge in [-0.2, -0.15) is 0 Å². The lowest BCUT2D eigenvalue weighted by molar-refractivity contribution is 0.000981. The summed E-state index contributed by atoms with van der Waals surface area (Å²) in [6, 6.07) is 6.26. The number of rotatable bonds is 3. The van der Waals surface area contributed by atoms with Crippen molar-refractivity contribution in [2.24, 2.45) is 4.99 Å². The maximum atomic E-state index is 12.6. The summed E-state index contributed by atoms with van der Waals surface area (Å²) in [6.45, 7) is 3.43.